The Morgan fingerprint density at radius 2 is 1.83 bits per heavy atom. The van der Waals surface area contributed by atoms with Crippen molar-refractivity contribution in [2.24, 2.45) is 11.0 Å². The van der Waals surface area contributed by atoms with Gasteiger partial charge in [0.05, 0.1) is 12.5 Å². The molecule has 118 valence electrons. The summed E-state index contributed by atoms with van der Waals surface area (Å²) in [5.41, 5.74) is 11.2. The summed E-state index contributed by atoms with van der Waals surface area (Å²) in [5, 5.41) is 4.12. The van der Waals surface area contributed by atoms with Gasteiger partial charge in [0.25, 0.3) is 0 Å². The molecule has 0 aliphatic carbocycles. The molecule has 0 saturated carbocycles. The molecule has 2 aromatic rings. The number of benzene rings is 2. The highest BCUT2D eigenvalue weighted by molar-refractivity contribution is 5.79. The lowest BCUT2D eigenvalue weighted by Gasteiger charge is -2.14. The van der Waals surface area contributed by atoms with E-state index in [2.05, 4.69) is 33.5 Å². The summed E-state index contributed by atoms with van der Waals surface area (Å²) in [5.74, 6) is 0.0806. The summed E-state index contributed by atoms with van der Waals surface area (Å²) in [6.45, 7) is 0.775. The van der Waals surface area contributed by atoms with Gasteiger partial charge in [0, 0.05) is 18.7 Å². The van der Waals surface area contributed by atoms with Gasteiger partial charge in [0.15, 0.2) is 0 Å². The molecule has 3 N–H and O–H groups in total. The molecule has 1 fully saturated rings. The Kier molecular flexibility index (Phi) is 5.13. The van der Waals surface area contributed by atoms with Crippen molar-refractivity contribution < 1.29 is 4.79 Å². The van der Waals surface area contributed by atoms with Gasteiger partial charge < -0.3 is 0 Å². The lowest BCUT2D eigenvalue weighted by atomic mass is 9.96. The Bertz CT molecular complexity index is 657. The first-order chi connectivity index (χ1) is 11.3. The monoisotopic (exact) mass is 308 g/mol. The maximum absolute atomic E-state index is 11.9. The van der Waals surface area contributed by atoms with Gasteiger partial charge in [0.2, 0.25) is 5.91 Å². The fraction of sp³-hybridized carbons (Fsp3) is 0.222. The molecule has 1 heterocycles. The molecule has 23 heavy (non-hydrogen) atoms. The average Bonchev–Trinajstić information content (AvgIpc) is 3.05. The van der Waals surface area contributed by atoms with E-state index < -0.39 is 0 Å². The molecule has 5 nitrogen and oxygen atoms in total. The van der Waals surface area contributed by atoms with Gasteiger partial charge in [-0.2, -0.15) is 5.10 Å². The summed E-state index contributed by atoms with van der Waals surface area (Å²) >= 11 is 0. The Hall–Kier alpha value is -2.50. The summed E-state index contributed by atoms with van der Waals surface area (Å²) < 4.78 is 0. The van der Waals surface area contributed by atoms with E-state index in [1.807, 2.05) is 48.5 Å². The normalized spacial score (nSPS) is 20.7. The van der Waals surface area contributed by atoms with Crippen LogP contribution in [0.25, 0.3) is 0 Å². The Labute approximate surface area is 135 Å². The van der Waals surface area contributed by atoms with Gasteiger partial charge in [-0.1, -0.05) is 60.7 Å². The average molecular weight is 308 g/mol. The maximum atomic E-state index is 11.9. The van der Waals surface area contributed by atoms with Crippen LogP contribution in [0.3, 0.4) is 0 Å². The number of carbonyl (C=O) groups excluding carboxylic acids is 1. The topological polar surface area (TPSA) is 65.5 Å². The van der Waals surface area contributed by atoms with Crippen molar-refractivity contribution in [2.75, 3.05) is 6.54 Å². The Morgan fingerprint density at radius 1 is 1.13 bits per heavy atom. The predicted octanol–water partition coefficient (Wildman–Crippen LogP) is 1.80. The molecule has 2 atom stereocenters. The summed E-state index contributed by atoms with van der Waals surface area (Å²) in [4.78, 5) is 11.9. The molecule has 5 heteroatoms. The number of nitrogens with one attached hydrogen (secondary N) is 3. The molecule has 0 bridgehead atoms. The first kappa shape index (κ1) is 15.4. The Balaban J connectivity index is 1.54. The third-order valence-corrected chi connectivity index (χ3v) is 3.84. The van der Waals surface area contributed by atoms with Crippen LogP contribution in [0.2, 0.25) is 0 Å². The van der Waals surface area contributed by atoms with Gasteiger partial charge in [-0.15, -0.1) is 0 Å². The van der Waals surface area contributed by atoms with Crippen molar-refractivity contribution in [1.29, 1.82) is 0 Å². The molecule has 1 saturated heterocycles. The highest BCUT2D eigenvalue weighted by Gasteiger charge is 2.26. The first-order valence-corrected chi connectivity index (χ1v) is 7.72. The molecule has 2 unspecified atom stereocenters. The molecular weight excluding hydrogens is 288 g/mol. The van der Waals surface area contributed by atoms with E-state index in [4.69, 9.17) is 0 Å². The fourth-order valence-electron chi connectivity index (χ4n) is 2.67. The predicted molar refractivity (Wildman–Crippen MR) is 90.6 cm³/mol. The van der Waals surface area contributed by atoms with Crippen molar-refractivity contribution in [3.63, 3.8) is 0 Å². The number of hydrazine groups is 1. The van der Waals surface area contributed by atoms with Crippen molar-refractivity contribution in [1.82, 2.24) is 16.3 Å². The number of nitrogens with zero attached hydrogens (tertiary/aromatic N) is 1. The van der Waals surface area contributed by atoms with Gasteiger partial charge in [-0.3, -0.25) is 10.2 Å². The van der Waals surface area contributed by atoms with E-state index >= 15 is 0 Å². The zero-order valence-corrected chi connectivity index (χ0v) is 12.8. The smallest absolute Gasteiger partial charge is 0.244 e. The van der Waals surface area contributed by atoms with Crippen LogP contribution in [0.1, 0.15) is 17.2 Å². The van der Waals surface area contributed by atoms with E-state index in [-0.39, 0.29) is 17.9 Å². The van der Waals surface area contributed by atoms with Crippen LogP contribution in [-0.2, 0) is 11.2 Å². The highest BCUT2D eigenvalue weighted by atomic mass is 16.2. The van der Waals surface area contributed by atoms with Crippen LogP contribution in [0.15, 0.2) is 65.8 Å². The number of carbonyl (C=O) groups is 1. The standard InChI is InChI=1S/C18H20N4O/c23-17(11-14-7-3-1-4-8-14)21-19-12-16-13-20-22-18(16)15-9-5-2-6-10-15/h1-10,12,16,18,20,22H,11,13H2,(H,21,23)/b19-12+. The van der Waals surface area contributed by atoms with Crippen molar-refractivity contribution in [3.8, 4) is 0 Å². The van der Waals surface area contributed by atoms with Crippen molar-refractivity contribution in [2.45, 2.75) is 12.5 Å². The second-order valence-electron chi connectivity index (χ2n) is 5.55. The minimum absolute atomic E-state index is 0.109. The summed E-state index contributed by atoms with van der Waals surface area (Å²) in [6, 6.07) is 20.0. The van der Waals surface area contributed by atoms with Crippen LogP contribution < -0.4 is 16.3 Å². The van der Waals surface area contributed by atoms with Crippen LogP contribution in [0, 0.1) is 5.92 Å². The second kappa shape index (κ2) is 7.67. The van der Waals surface area contributed by atoms with Crippen molar-refractivity contribution in [3.05, 3.63) is 71.8 Å². The Morgan fingerprint density at radius 3 is 2.57 bits per heavy atom. The van der Waals surface area contributed by atoms with E-state index in [1.165, 1.54) is 5.56 Å². The van der Waals surface area contributed by atoms with Crippen LogP contribution in [0.4, 0.5) is 0 Å². The summed E-state index contributed by atoms with van der Waals surface area (Å²) in [7, 11) is 0. The lowest BCUT2D eigenvalue weighted by Crippen LogP contribution is -2.25. The molecule has 0 radical (unpaired) electrons. The van der Waals surface area contributed by atoms with E-state index in [9.17, 15) is 4.79 Å². The van der Waals surface area contributed by atoms with Crippen LogP contribution in [-0.4, -0.2) is 18.7 Å². The number of hydrogen-bond donors (Lipinski definition) is 3. The van der Waals surface area contributed by atoms with Crippen molar-refractivity contribution >= 4 is 12.1 Å². The van der Waals surface area contributed by atoms with Gasteiger partial charge >= 0.3 is 0 Å². The van der Waals surface area contributed by atoms with E-state index in [1.54, 1.807) is 6.21 Å². The molecule has 1 aliphatic heterocycles. The maximum Gasteiger partial charge on any atom is 0.244 e. The SMILES string of the molecule is O=C(Cc1ccccc1)N/N=C/C1CNNC1c1ccccc1. The second-order valence-corrected chi connectivity index (χ2v) is 5.55. The molecule has 1 amide bonds. The molecule has 3 rings (SSSR count). The number of hydrogen-bond acceptors (Lipinski definition) is 4. The van der Waals surface area contributed by atoms with Gasteiger partial charge in [0.1, 0.15) is 0 Å². The number of amides is 1. The number of rotatable bonds is 5. The minimum atomic E-state index is -0.109. The summed E-state index contributed by atoms with van der Waals surface area (Å²) in [6.07, 6.45) is 2.13. The molecule has 1 aliphatic rings. The minimum Gasteiger partial charge on any atom is -0.273 e. The van der Waals surface area contributed by atoms with Crippen LogP contribution in [0.5, 0.6) is 0 Å². The van der Waals surface area contributed by atoms with Gasteiger partial charge in [-0.05, 0) is 11.1 Å². The first-order valence-electron chi connectivity index (χ1n) is 7.72. The largest absolute Gasteiger partial charge is 0.273 e. The number of hydrazone groups is 1. The quantitative estimate of drug-likeness (QED) is 0.583. The van der Waals surface area contributed by atoms with Gasteiger partial charge in [-0.25, -0.2) is 10.9 Å². The molecule has 0 aromatic heterocycles. The zero-order chi connectivity index (χ0) is 15.9. The highest BCUT2D eigenvalue weighted by Crippen LogP contribution is 2.22. The zero-order valence-electron chi connectivity index (χ0n) is 12.8. The third kappa shape index (κ3) is 4.25. The van der Waals surface area contributed by atoms with E-state index in [0.29, 0.717) is 6.42 Å². The third-order valence-electron chi connectivity index (χ3n) is 3.84. The molecule has 2 aromatic carbocycles. The molecular formula is C18H20N4O. The lowest BCUT2D eigenvalue weighted by molar-refractivity contribution is -0.120. The van der Waals surface area contributed by atoms with Crippen LogP contribution >= 0.6 is 0 Å². The fourth-order valence-corrected chi connectivity index (χ4v) is 2.67. The molecule has 0 spiro atoms. The van der Waals surface area contributed by atoms with E-state index in [0.717, 1.165) is 12.1 Å².